The summed E-state index contributed by atoms with van der Waals surface area (Å²) in [5.74, 6) is 0.236. The number of carbonyl (C=O) groups is 1. The van der Waals surface area contributed by atoms with Gasteiger partial charge in [-0.15, -0.1) is 0 Å². The highest BCUT2D eigenvalue weighted by Crippen LogP contribution is 2.19. The topological polar surface area (TPSA) is 88.4 Å². The van der Waals surface area contributed by atoms with Crippen molar-refractivity contribution in [1.29, 1.82) is 0 Å². The molecule has 2 N–H and O–H groups in total. The van der Waals surface area contributed by atoms with Crippen molar-refractivity contribution in [2.45, 2.75) is 24.8 Å². The van der Waals surface area contributed by atoms with Crippen molar-refractivity contribution < 1.29 is 17.6 Å². The first-order valence-electron chi connectivity index (χ1n) is 8.39. The Bertz CT molecular complexity index is 1040. The third kappa shape index (κ3) is 4.57. The molecule has 1 atom stereocenters. The molecule has 0 unspecified atom stereocenters. The van der Waals surface area contributed by atoms with Crippen molar-refractivity contribution in [3.8, 4) is 0 Å². The number of furan rings is 1. The number of rotatable bonds is 6. The van der Waals surface area contributed by atoms with Crippen molar-refractivity contribution in [2.24, 2.45) is 0 Å². The van der Waals surface area contributed by atoms with Crippen LogP contribution in [0.4, 0.5) is 5.69 Å². The van der Waals surface area contributed by atoms with Crippen LogP contribution in [0.3, 0.4) is 0 Å². The summed E-state index contributed by atoms with van der Waals surface area (Å²) in [4.78, 5) is 12.5. The molecule has 0 aliphatic rings. The Kier molecular flexibility index (Phi) is 5.32. The lowest BCUT2D eigenvalue weighted by atomic mass is 10.2. The van der Waals surface area contributed by atoms with Gasteiger partial charge in [0.1, 0.15) is 5.76 Å². The van der Waals surface area contributed by atoms with Gasteiger partial charge in [0.25, 0.3) is 15.9 Å². The number of aryl methyl sites for hydroxylation is 1. The van der Waals surface area contributed by atoms with Gasteiger partial charge in [0.2, 0.25) is 0 Å². The molecule has 0 saturated carbocycles. The van der Waals surface area contributed by atoms with Crippen LogP contribution in [0.15, 0.2) is 76.2 Å². The van der Waals surface area contributed by atoms with Gasteiger partial charge in [0, 0.05) is 11.3 Å². The third-order valence-electron chi connectivity index (χ3n) is 3.99. The normalized spacial score (nSPS) is 12.4. The van der Waals surface area contributed by atoms with E-state index in [4.69, 9.17) is 4.42 Å². The lowest BCUT2D eigenvalue weighted by Gasteiger charge is -2.13. The van der Waals surface area contributed by atoms with E-state index in [0.29, 0.717) is 11.4 Å². The first-order chi connectivity index (χ1) is 12.8. The average Bonchev–Trinajstić information content (AvgIpc) is 3.16. The van der Waals surface area contributed by atoms with Crippen LogP contribution < -0.4 is 10.0 Å². The number of hydrogen-bond donors (Lipinski definition) is 2. The molecule has 0 radical (unpaired) electrons. The van der Waals surface area contributed by atoms with Crippen molar-refractivity contribution in [3.05, 3.63) is 83.8 Å². The molecule has 2 aromatic carbocycles. The second-order valence-corrected chi connectivity index (χ2v) is 7.90. The highest BCUT2D eigenvalue weighted by molar-refractivity contribution is 7.92. The van der Waals surface area contributed by atoms with E-state index in [9.17, 15) is 13.2 Å². The molecule has 1 heterocycles. The lowest BCUT2D eigenvalue weighted by molar-refractivity contribution is 0.0935. The van der Waals surface area contributed by atoms with Gasteiger partial charge in [0.05, 0.1) is 17.2 Å². The Balaban J connectivity index is 1.79. The van der Waals surface area contributed by atoms with Gasteiger partial charge in [-0.3, -0.25) is 9.52 Å². The maximum absolute atomic E-state index is 12.6. The minimum atomic E-state index is -3.81. The predicted octanol–water partition coefficient (Wildman–Crippen LogP) is 3.88. The summed E-state index contributed by atoms with van der Waals surface area (Å²) in [6.45, 7) is 3.67. The van der Waals surface area contributed by atoms with Crippen LogP contribution >= 0.6 is 0 Å². The van der Waals surface area contributed by atoms with E-state index in [1.165, 1.54) is 24.5 Å². The molecule has 6 nitrogen and oxygen atoms in total. The highest BCUT2D eigenvalue weighted by Gasteiger charge is 2.18. The molecule has 0 saturated heterocycles. The first kappa shape index (κ1) is 18.7. The van der Waals surface area contributed by atoms with E-state index in [-0.39, 0.29) is 22.4 Å². The number of sulfonamides is 1. The maximum atomic E-state index is 12.6. The molecule has 0 spiro atoms. The van der Waals surface area contributed by atoms with E-state index < -0.39 is 10.0 Å². The van der Waals surface area contributed by atoms with E-state index in [1.807, 2.05) is 13.0 Å². The van der Waals surface area contributed by atoms with Crippen LogP contribution in [0.1, 0.15) is 34.6 Å². The third-order valence-corrected chi connectivity index (χ3v) is 5.37. The maximum Gasteiger partial charge on any atom is 0.261 e. The second kappa shape index (κ2) is 7.67. The van der Waals surface area contributed by atoms with Crippen LogP contribution in [0.25, 0.3) is 0 Å². The Morgan fingerprint density at radius 3 is 2.52 bits per heavy atom. The van der Waals surface area contributed by atoms with Gasteiger partial charge in [-0.25, -0.2) is 8.42 Å². The molecular formula is C20H20N2O4S. The molecule has 0 bridgehead atoms. The quantitative estimate of drug-likeness (QED) is 0.675. The molecule has 1 amide bonds. The monoisotopic (exact) mass is 384 g/mol. The number of amides is 1. The SMILES string of the molecule is Cc1cccc(NS(=O)(=O)c2cccc(C(=O)N[C@@H](C)c3ccco3)c2)c1. The lowest BCUT2D eigenvalue weighted by Crippen LogP contribution is -2.26. The average molecular weight is 384 g/mol. The van der Waals surface area contributed by atoms with Crippen molar-refractivity contribution in [3.63, 3.8) is 0 Å². The fourth-order valence-corrected chi connectivity index (χ4v) is 3.71. The minimum Gasteiger partial charge on any atom is -0.467 e. The predicted molar refractivity (Wildman–Crippen MR) is 103 cm³/mol. The zero-order valence-electron chi connectivity index (χ0n) is 15.0. The van der Waals surface area contributed by atoms with Crippen molar-refractivity contribution in [1.82, 2.24) is 5.32 Å². The van der Waals surface area contributed by atoms with E-state index in [0.717, 1.165) is 5.56 Å². The number of hydrogen-bond acceptors (Lipinski definition) is 4. The Morgan fingerprint density at radius 1 is 1.04 bits per heavy atom. The molecule has 1 aromatic heterocycles. The molecule has 7 heteroatoms. The molecule has 0 aliphatic carbocycles. The molecule has 140 valence electrons. The Labute approximate surface area is 158 Å². The fourth-order valence-electron chi connectivity index (χ4n) is 2.62. The molecule has 0 aliphatic heterocycles. The summed E-state index contributed by atoms with van der Waals surface area (Å²) in [6, 6.07) is 16.1. The molecule has 3 rings (SSSR count). The molecule has 3 aromatic rings. The molecule has 0 fully saturated rings. The van der Waals surface area contributed by atoms with E-state index in [2.05, 4.69) is 10.0 Å². The number of anilines is 1. The largest absolute Gasteiger partial charge is 0.467 e. The smallest absolute Gasteiger partial charge is 0.261 e. The number of carbonyl (C=O) groups excluding carboxylic acids is 1. The summed E-state index contributed by atoms with van der Waals surface area (Å²) in [6.07, 6.45) is 1.53. The fraction of sp³-hybridized carbons (Fsp3) is 0.150. The van der Waals surface area contributed by atoms with Gasteiger partial charge >= 0.3 is 0 Å². The van der Waals surface area contributed by atoms with Gasteiger partial charge in [-0.2, -0.15) is 0 Å². The van der Waals surface area contributed by atoms with Crippen LogP contribution in [-0.2, 0) is 10.0 Å². The standard InChI is InChI=1S/C20H20N2O4S/c1-14-6-3-8-17(12-14)22-27(24,25)18-9-4-7-16(13-18)20(23)21-15(2)19-10-5-11-26-19/h3-13,15,22H,1-2H3,(H,21,23)/t15-/m0/s1. The van der Waals surface area contributed by atoms with Crippen LogP contribution in [0.5, 0.6) is 0 Å². The van der Waals surface area contributed by atoms with Crippen LogP contribution in [0, 0.1) is 6.92 Å². The summed E-state index contributed by atoms with van der Waals surface area (Å²) in [5, 5.41) is 2.79. The first-order valence-corrected chi connectivity index (χ1v) is 9.87. The summed E-state index contributed by atoms with van der Waals surface area (Å²) < 4.78 is 33.1. The highest BCUT2D eigenvalue weighted by atomic mass is 32.2. The Morgan fingerprint density at radius 2 is 1.81 bits per heavy atom. The zero-order chi connectivity index (χ0) is 19.4. The summed E-state index contributed by atoms with van der Waals surface area (Å²) >= 11 is 0. The second-order valence-electron chi connectivity index (χ2n) is 6.21. The van der Waals surface area contributed by atoms with Crippen LogP contribution in [-0.4, -0.2) is 14.3 Å². The van der Waals surface area contributed by atoms with Gasteiger partial charge in [-0.05, 0) is 61.9 Å². The van der Waals surface area contributed by atoms with Gasteiger partial charge in [0.15, 0.2) is 0 Å². The van der Waals surface area contributed by atoms with Crippen molar-refractivity contribution >= 4 is 21.6 Å². The zero-order valence-corrected chi connectivity index (χ0v) is 15.8. The molecular weight excluding hydrogens is 364 g/mol. The van der Waals surface area contributed by atoms with E-state index in [1.54, 1.807) is 43.3 Å². The van der Waals surface area contributed by atoms with Crippen molar-refractivity contribution in [2.75, 3.05) is 4.72 Å². The van der Waals surface area contributed by atoms with Gasteiger partial charge in [-0.1, -0.05) is 18.2 Å². The summed E-state index contributed by atoms with van der Waals surface area (Å²) in [5.41, 5.74) is 1.66. The van der Waals surface area contributed by atoms with Crippen LogP contribution in [0.2, 0.25) is 0 Å². The number of nitrogens with one attached hydrogen (secondary N) is 2. The van der Waals surface area contributed by atoms with Gasteiger partial charge < -0.3 is 9.73 Å². The summed E-state index contributed by atoms with van der Waals surface area (Å²) in [7, 11) is -3.81. The minimum absolute atomic E-state index is 0.0160. The number of benzene rings is 2. The Hall–Kier alpha value is -3.06. The van der Waals surface area contributed by atoms with E-state index >= 15 is 0 Å². The molecule has 27 heavy (non-hydrogen) atoms.